The molecule has 0 atom stereocenters. The Labute approximate surface area is 101 Å². The molecule has 17 heavy (non-hydrogen) atoms. The van der Waals surface area contributed by atoms with Gasteiger partial charge in [0.15, 0.2) is 0 Å². The van der Waals surface area contributed by atoms with Crippen LogP contribution in [0.3, 0.4) is 0 Å². The summed E-state index contributed by atoms with van der Waals surface area (Å²) in [7, 11) is 0. The van der Waals surface area contributed by atoms with Gasteiger partial charge in [0.25, 0.3) is 0 Å². The summed E-state index contributed by atoms with van der Waals surface area (Å²) < 4.78 is 2.02. The third-order valence-corrected chi connectivity index (χ3v) is 2.39. The summed E-state index contributed by atoms with van der Waals surface area (Å²) in [5, 5.41) is 11.2. The first-order chi connectivity index (χ1) is 8.38. The number of nitrogens with zero attached hydrogens (tertiary/aromatic N) is 4. The average Bonchev–Trinajstić information content (AvgIpc) is 2.79. The van der Waals surface area contributed by atoms with Crippen LogP contribution in [0.5, 0.6) is 0 Å². The lowest BCUT2D eigenvalue weighted by molar-refractivity contribution is 0.665. The highest BCUT2D eigenvalue weighted by molar-refractivity contribution is 5.03. The molecule has 0 saturated carbocycles. The molecule has 2 aromatic rings. The zero-order valence-corrected chi connectivity index (χ0v) is 10.0. The fourth-order valence-corrected chi connectivity index (χ4v) is 1.58. The molecule has 0 amide bonds. The van der Waals surface area contributed by atoms with Crippen molar-refractivity contribution in [3.05, 3.63) is 42.2 Å². The van der Waals surface area contributed by atoms with E-state index in [0.717, 1.165) is 30.9 Å². The van der Waals surface area contributed by atoms with Crippen LogP contribution in [0.4, 0.5) is 0 Å². The Morgan fingerprint density at radius 1 is 1.35 bits per heavy atom. The van der Waals surface area contributed by atoms with Gasteiger partial charge < -0.3 is 9.88 Å². The highest BCUT2D eigenvalue weighted by atomic mass is 15.1. The molecule has 2 aromatic heterocycles. The third kappa shape index (κ3) is 3.64. The molecule has 0 unspecified atom stereocenters. The first-order valence-corrected chi connectivity index (χ1v) is 5.86. The number of aromatic nitrogens is 4. The van der Waals surface area contributed by atoms with E-state index < -0.39 is 0 Å². The summed E-state index contributed by atoms with van der Waals surface area (Å²) in [6, 6.07) is 3.85. The van der Waals surface area contributed by atoms with Gasteiger partial charge in [-0.25, -0.2) is 4.98 Å². The molecule has 2 heterocycles. The second-order valence-electron chi connectivity index (χ2n) is 3.93. The molecule has 0 saturated heterocycles. The van der Waals surface area contributed by atoms with E-state index in [1.54, 1.807) is 6.20 Å². The zero-order chi connectivity index (χ0) is 11.9. The van der Waals surface area contributed by atoms with Crippen LogP contribution in [0, 0.1) is 0 Å². The van der Waals surface area contributed by atoms with Crippen molar-refractivity contribution in [1.29, 1.82) is 0 Å². The summed E-state index contributed by atoms with van der Waals surface area (Å²) in [4.78, 5) is 4.34. The predicted octanol–water partition coefficient (Wildman–Crippen LogP) is 1.22. The van der Waals surface area contributed by atoms with Crippen molar-refractivity contribution >= 4 is 0 Å². The maximum Gasteiger partial charge on any atom is 0.0953 e. The highest BCUT2D eigenvalue weighted by Gasteiger charge is 2.00. The molecular formula is C12H17N5. The minimum Gasteiger partial charge on any atom is -0.331 e. The zero-order valence-electron chi connectivity index (χ0n) is 10.0. The molecule has 0 spiro atoms. The van der Waals surface area contributed by atoms with Gasteiger partial charge in [-0.1, -0.05) is 6.92 Å². The molecule has 90 valence electrons. The van der Waals surface area contributed by atoms with Crippen molar-refractivity contribution < 1.29 is 0 Å². The Bertz CT molecular complexity index is 437. The lowest BCUT2D eigenvalue weighted by Gasteiger charge is -2.00. The molecule has 0 aliphatic rings. The smallest absolute Gasteiger partial charge is 0.0953 e. The summed E-state index contributed by atoms with van der Waals surface area (Å²) in [5.74, 6) is 0. The van der Waals surface area contributed by atoms with Crippen LogP contribution >= 0.6 is 0 Å². The van der Waals surface area contributed by atoms with Gasteiger partial charge in [0, 0.05) is 18.9 Å². The summed E-state index contributed by atoms with van der Waals surface area (Å²) >= 11 is 0. The van der Waals surface area contributed by atoms with E-state index in [1.807, 2.05) is 29.2 Å². The molecule has 0 aliphatic heterocycles. The standard InChI is InChI=1S/C12H17N5/c1-2-5-13-7-12-9-17(10-14-12)8-11-4-3-6-15-16-11/h3-4,6,9-10,13H,2,5,7-8H2,1H3. The average molecular weight is 231 g/mol. The van der Waals surface area contributed by atoms with Gasteiger partial charge in [-0.3, -0.25) is 0 Å². The van der Waals surface area contributed by atoms with E-state index in [-0.39, 0.29) is 0 Å². The number of rotatable bonds is 6. The van der Waals surface area contributed by atoms with Crippen molar-refractivity contribution in [3.63, 3.8) is 0 Å². The quantitative estimate of drug-likeness (QED) is 0.759. The van der Waals surface area contributed by atoms with Crippen LogP contribution in [-0.4, -0.2) is 26.3 Å². The Morgan fingerprint density at radius 3 is 3.06 bits per heavy atom. The minimum atomic E-state index is 0.717. The van der Waals surface area contributed by atoms with Gasteiger partial charge in [0.05, 0.1) is 24.3 Å². The van der Waals surface area contributed by atoms with Crippen molar-refractivity contribution in [3.8, 4) is 0 Å². The second kappa shape index (κ2) is 6.10. The number of nitrogens with one attached hydrogen (secondary N) is 1. The monoisotopic (exact) mass is 231 g/mol. The summed E-state index contributed by atoms with van der Waals surface area (Å²) in [5.41, 5.74) is 2.00. The molecule has 0 radical (unpaired) electrons. The van der Waals surface area contributed by atoms with Gasteiger partial charge in [-0.2, -0.15) is 10.2 Å². The van der Waals surface area contributed by atoms with Gasteiger partial charge in [0.2, 0.25) is 0 Å². The van der Waals surface area contributed by atoms with Gasteiger partial charge in [-0.15, -0.1) is 0 Å². The van der Waals surface area contributed by atoms with E-state index in [0.29, 0.717) is 6.54 Å². The first-order valence-electron chi connectivity index (χ1n) is 5.86. The number of imidazole rings is 1. The Hall–Kier alpha value is -1.75. The van der Waals surface area contributed by atoms with Crippen molar-refractivity contribution in [1.82, 2.24) is 25.1 Å². The predicted molar refractivity (Wildman–Crippen MR) is 65.4 cm³/mol. The van der Waals surface area contributed by atoms with Crippen LogP contribution in [0.2, 0.25) is 0 Å². The molecule has 0 aromatic carbocycles. The number of hydrogen-bond acceptors (Lipinski definition) is 4. The third-order valence-electron chi connectivity index (χ3n) is 2.39. The minimum absolute atomic E-state index is 0.717. The molecule has 0 aliphatic carbocycles. The van der Waals surface area contributed by atoms with Gasteiger partial charge in [-0.05, 0) is 25.1 Å². The van der Waals surface area contributed by atoms with E-state index >= 15 is 0 Å². The van der Waals surface area contributed by atoms with E-state index in [4.69, 9.17) is 0 Å². The maximum absolute atomic E-state index is 4.34. The van der Waals surface area contributed by atoms with Crippen LogP contribution in [0.1, 0.15) is 24.7 Å². The van der Waals surface area contributed by atoms with E-state index in [2.05, 4.69) is 27.4 Å². The molecule has 0 bridgehead atoms. The first kappa shape index (κ1) is 11.7. The molecule has 2 rings (SSSR count). The van der Waals surface area contributed by atoms with Crippen molar-refractivity contribution in [2.75, 3.05) is 6.54 Å². The summed E-state index contributed by atoms with van der Waals surface area (Å²) in [6.45, 7) is 4.71. The Morgan fingerprint density at radius 2 is 2.29 bits per heavy atom. The topological polar surface area (TPSA) is 55.6 Å². The van der Waals surface area contributed by atoms with Crippen LogP contribution in [0.25, 0.3) is 0 Å². The van der Waals surface area contributed by atoms with Crippen molar-refractivity contribution in [2.24, 2.45) is 0 Å². The van der Waals surface area contributed by atoms with E-state index in [1.165, 1.54) is 0 Å². The Balaban J connectivity index is 1.90. The normalized spacial score (nSPS) is 10.6. The lowest BCUT2D eigenvalue weighted by atomic mass is 10.4. The number of hydrogen-bond donors (Lipinski definition) is 1. The lowest BCUT2D eigenvalue weighted by Crippen LogP contribution is -2.13. The Kier molecular flexibility index (Phi) is 4.21. The SMILES string of the molecule is CCCNCc1cn(Cc2cccnn2)cn1. The summed E-state index contributed by atoms with van der Waals surface area (Å²) in [6.07, 6.45) is 6.69. The molecule has 5 heteroatoms. The fourth-order valence-electron chi connectivity index (χ4n) is 1.58. The highest BCUT2D eigenvalue weighted by Crippen LogP contribution is 2.00. The maximum atomic E-state index is 4.34. The van der Waals surface area contributed by atoms with Crippen LogP contribution < -0.4 is 5.32 Å². The second-order valence-corrected chi connectivity index (χ2v) is 3.93. The van der Waals surface area contributed by atoms with Gasteiger partial charge >= 0.3 is 0 Å². The van der Waals surface area contributed by atoms with Gasteiger partial charge in [0.1, 0.15) is 0 Å². The fraction of sp³-hybridized carbons (Fsp3) is 0.417. The van der Waals surface area contributed by atoms with Crippen LogP contribution in [-0.2, 0) is 13.1 Å². The largest absolute Gasteiger partial charge is 0.331 e. The molecular weight excluding hydrogens is 214 g/mol. The molecule has 0 fully saturated rings. The van der Waals surface area contributed by atoms with E-state index in [9.17, 15) is 0 Å². The molecule has 5 nitrogen and oxygen atoms in total. The molecule has 1 N–H and O–H groups in total. The van der Waals surface area contributed by atoms with Crippen LogP contribution in [0.15, 0.2) is 30.9 Å². The van der Waals surface area contributed by atoms with Crippen molar-refractivity contribution in [2.45, 2.75) is 26.4 Å².